The van der Waals surface area contributed by atoms with Gasteiger partial charge >= 0.3 is 0 Å². The molecule has 4 heteroatoms. The Morgan fingerprint density at radius 1 is 1.53 bits per heavy atom. The van der Waals surface area contributed by atoms with Gasteiger partial charge in [-0.25, -0.2) is 0 Å². The van der Waals surface area contributed by atoms with E-state index in [-0.39, 0.29) is 0 Å². The highest BCUT2D eigenvalue weighted by molar-refractivity contribution is 6.31. The second kappa shape index (κ2) is 4.14. The first-order chi connectivity index (χ1) is 7.09. The van der Waals surface area contributed by atoms with Crippen LogP contribution in [0.5, 0.6) is 0 Å². The van der Waals surface area contributed by atoms with Crippen molar-refractivity contribution in [3.63, 3.8) is 0 Å². The van der Waals surface area contributed by atoms with Crippen molar-refractivity contribution < 1.29 is 0 Å². The number of aromatic nitrogens is 2. The van der Waals surface area contributed by atoms with Gasteiger partial charge in [0.15, 0.2) is 0 Å². The van der Waals surface area contributed by atoms with E-state index in [0.717, 1.165) is 29.0 Å². The Kier molecular flexibility index (Phi) is 3.03. The topological polar surface area (TPSA) is 29.9 Å². The van der Waals surface area contributed by atoms with Crippen LogP contribution in [-0.2, 0) is 0 Å². The van der Waals surface area contributed by atoms with Crippen LogP contribution in [0.4, 0.5) is 0 Å². The molecule has 1 saturated carbocycles. The lowest BCUT2D eigenvalue weighted by Crippen LogP contribution is -2.26. The predicted octanol–water partition coefficient (Wildman–Crippen LogP) is 2.47. The van der Waals surface area contributed by atoms with Crippen LogP contribution >= 0.6 is 11.6 Å². The summed E-state index contributed by atoms with van der Waals surface area (Å²) >= 11 is 6.11. The first-order valence-corrected chi connectivity index (χ1v) is 5.92. The number of nitrogens with one attached hydrogen (secondary N) is 1. The van der Waals surface area contributed by atoms with Gasteiger partial charge in [0.1, 0.15) is 0 Å². The molecule has 0 bridgehead atoms. The van der Waals surface area contributed by atoms with E-state index < -0.39 is 0 Å². The molecule has 1 atom stereocenters. The summed E-state index contributed by atoms with van der Waals surface area (Å²) in [4.78, 5) is 0. The molecule has 84 valence electrons. The lowest BCUT2D eigenvalue weighted by molar-refractivity contribution is 0.443. The molecule has 0 radical (unpaired) electrons. The molecular formula is C11H18ClN3. The van der Waals surface area contributed by atoms with Gasteiger partial charge < -0.3 is 5.32 Å². The second-order valence-corrected chi connectivity index (χ2v) is 4.84. The number of hydrogen-bond donors (Lipinski definition) is 1. The lowest BCUT2D eigenvalue weighted by Gasteiger charge is -2.14. The van der Waals surface area contributed by atoms with Crippen molar-refractivity contribution in [3.8, 4) is 0 Å². The standard InChI is InChI=1S/C11H18ClN3/c1-7(6-13-10-4-5-10)15-9(3)11(12)8(2)14-15/h7,10,13H,4-6H2,1-3H3. The minimum atomic E-state index is 0.372. The fourth-order valence-electron chi connectivity index (χ4n) is 1.78. The maximum Gasteiger partial charge on any atom is 0.0844 e. The Morgan fingerprint density at radius 3 is 2.67 bits per heavy atom. The Bertz CT molecular complexity index is 355. The monoisotopic (exact) mass is 227 g/mol. The van der Waals surface area contributed by atoms with E-state index in [1.54, 1.807) is 0 Å². The molecule has 0 aliphatic heterocycles. The average Bonchev–Trinajstić information content (AvgIpc) is 2.99. The smallest absolute Gasteiger partial charge is 0.0844 e. The van der Waals surface area contributed by atoms with Gasteiger partial charge in [0.25, 0.3) is 0 Å². The van der Waals surface area contributed by atoms with Gasteiger partial charge in [-0.2, -0.15) is 5.10 Å². The summed E-state index contributed by atoms with van der Waals surface area (Å²) in [5, 5.41) is 8.76. The van der Waals surface area contributed by atoms with E-state index in [4.69, 9.17) is 11.6 Å². The van der Waals surface area contributed by atoms with Crippen molar-refractivity contribution in [2.75, 3.05) is 6.54 Å². The second-order valence-electron chi connectivity index (χ2n) is 4.46. The molecule has 2 rings (SSSR count). The Balaban J connectivity index is 2.02. The largest absolute Gasteiger partial charge is 0.312 e. The number of nitrogens with zero attached hydrogens (tertiary/aromatic N) is 2. The van der Waals surface area contributed by atoms with Crippen LogP contribution in [0.1, 0.15) is 37.2 Å². The van der Waals surface area contributed by atoms with Gasteiger partial charge in [-0.1, -0.05) is 11.6 Å². The van der Waals surface area contributed by atoms with Gasteiger partial charge in [-0.15, -0.1) is 0 Å². The molecule has 1 fully saturated rings. The van der Waals surface area contributed by atoms with Crippen LogP contribution in [-0.4, -0.2) is 22.4 Å². The number of aryl methyl sites for hydroxylation is 1. The highest BCUT2D eigenvalue weighted by Crippen LogP contribution is 2.23. The van der Waals surface area contributed by atoms with Crippen LogP contribution in [0.25, 0.3) is 0 Å². The van der Waals surface area contributed by atoms with E-state index >= 15 is 0 Å². The highest BCUT2D eigenvalue weighted by atomic mass is 35.5. The SMILES string of the molecule is Cc1nn(C(C)CNC2CC2)c(C)c1Cl. The molecule has 1 N–H and O–H groups in total. The van der Waals surface area contributed by atoms with Gasteiger partial charge in [0, 0.05) is 12.6 Å². The van der Waals surface area contributed by atoms with Gasteiger partial charge in [0.05, 0.1) is 22.5 Å². The summed E-state index contributed by atoms with van der Waals surface area (Å²) in [7, 11) is 0. The van der Waals surface area contributed by atoms with E-state index in [0.29, 0.717) is 6.04 Å². The number of hydrogen-bond acceptors (Lipinski definition) is 2. The molecule has 1 heterocycles. The molecule has 0 aromatic carbocycles. The normalized spacial score (nSPS) is 18.1. The Morgan fingerprint density at radius 2 is 2.20 bits per heavy atom. The zero-order valence-electron chi connectivity index (χ0n) is 9.55. The van der Waals surface area contributed by atoms with Crippen molar-refractivity contribution in [2.24, 2.45) is 0 Å². The summed E-state index contributed by atoms with van der Waals surface area (Å²) in [5.41, 5.74) is 1.99. The summed E-state index contributed by atoms with van der Waals surface area (Å²) < 4.78 is 2.02. The van der Waals surface area contributed by atoms with Crippen LogP contribution in [0.15, 0.2) is 0 Å². The molecule has 1 aromatic heterocycles. The van der Waals surface area contributed by atoms with E-state index in [1.165, 1.54) is 12.8 Å². The van der Waals surface area contributed by atoms with Gasteiger partial charge in [-0.3, -0.25) is 4.68 Å². The van der Waals surface area contributed by atoms with Gasteiger partial charge in [0.2, 0.25) is 0 Å². The van der Waals surface area contributed by atoms with Crippen LogP contribution in [0.2, 0.25) is 5.02 Å². The van der Waals surface area contributed by atoms with Crippen LogP contribution < -0.4 is 5.32 Å². The third kappa shape index (κ3) is 2.34. The van der Waals surface area contributed by atoms with Crippen molar-refractivity contribution in [3.05, 3.63) is 16.4 Å². The van der Waals surface area contributed by atoms with Crippen LogP contribution in [0, 0.1) is 13.8 Å². The van der Waals surface area contributed by atoms with Crippen molar-refractivity contribution in [1.82, 2.24) is 15.1 Å². The molecule has 0 saturated heterocycles. The minimum absolute atomic E-state index is 0.372. The molecule has 1 aliphatic rings. The zero-order chi connectivity index (χ0) is 11.0. The molecule has 1 unspecified atom stereocenters. The maximum atomic E-state index is 6.11. The Hall–Kier alpha value is -0.540. The zero-order valence-corrected chi connectivity index (χ0v) is 10.3. The summed E-state index contributed by atoms with van der Waals surface area (Å²) in [6, 6.07) is 1.12. The summed E-state index contributed by atoms with van der Waals surface area (Å²) in [6.07, 6.45) is 2.65. The Labute approximate surface area is 95.8 Å². The number of rotatable bonds is 4. The average molecular weight is 228 g/mol. The fraction of sp³-hybridized carbons (Fsp3) is 0.727. The predicted molar refractivity (Wildman–Crippen MR) is 62.4 cm³/mol. The third-order valence-corrected chi connectivity index (χ3v) is 3.48. The molecular weight excluding hydrogens is 210 g/mol. The van der Waals surface area contributed by atoms with E-state index in [9.17, 15) is 0 Å². The maximum absolute atomic E-state index is 6.11. The van der Waals surface area contributed by atoms with Crippen LogP contribution in [0.3, 0.4) is 0 Å². The highest BCUT2D eigenvalue weighted by Gasteiger charge is 2.22. The molecule has 1 aromatic rings. The summed E-state index contributed by atoms with van der Waals surface area (Å²) in [6.45, 7) is 7.12. The molecule has 3 nitrogen and oxygen atoms in total. The van der Waals surface area contributed by atoms with Crippen molar-refractivity contribution in [2.45, 2.75) is 45.7 Å². The molecule has 1 aliphatic carbocycles. The number of halogens is 1. The summed E-state index contributed by atoms with van der Waals surface area (Å²) in [5.74, 6) is 0. The lowest BCUT2D eigenvalue weighted by atomic mass is 10.3. The molecule has 0 spiro atoms. The van der Waals surface area contributed by atoms with Gasteiger partial charge in [-0.05, 0) is 33.6 Å². The van der Waals surface area contributed by atoms with E-state index in [1.807, 2.05) is 18.5 Å². The minimum Gasteiger partial charge on any atom is -0.312 e. The first kappa shape index (κ1) is 11.0. The first-order valence-electron chi connectivity index (χ1n) is 5.54. The molecule has 0 amide bonds. The molecule has 15 heavy (non-hydrogen) atoms. The fourth-order valence-corrected chi connectivity index (χ4v) is 1.91. The van der Waals surface area contributed by atoms with Crippen molar-refractivity contribution >= 4 is 11.6 Å². The third-order valence-electron chi connectivity index (χ3n) is 2.93. The van der Waals surface area contributed by atoms with Crippen molar-refractivity contribution in [1.29, 1.82) is 0 Å². The van der Waals surface area contributed by atoms with E-state index in [2.05, 4.69) is 17.3 Å². The quantitative estimate of drug-likeness (QED) is 0.857.